The van der Waals surface area contributed by atoms with Crippen molar-refractivity contribution in [3.05, 3.63) is 17.5 Å². The molecule has 0 aliphatic carbocycles. The molecule has 3 N–H and O–H groups in total. The van der Waals surface area contributed by atoms with Crippen LogP contribution in [0.5, 0.6) is 0 Å². The summed E-state index contributed by atoms with van der Waals surface area (Å²) in [6.07, 6.45) is 1.24. The van der Waals surface area contributed by atoms with Gasteiger partial charge < -0.3 is 20.3 Å². The lowest BCUT2D eigenvalue weighted by atomic mass is 10.2. The molecule has 2 amide bonds. The summed E-state index contributed by atoms with van der Waals surface area (Å²) in [7, 11) is 0. The second-order valence-corrected chi connectivity index (χ2v) is 3.15. The third-order valence-electron chi connectivity index (χ3n) is 1.84. The molecule has 8 heteroatoms. The molecule has 0 radical (unpaired) electrons. The first-order valence-corrected chi connectivity index (χ1v) is 4.68. The molecule has 8 nitrogen and oxygen atoms in total. The van der Waals surface area contributed by atoms with Crippen molar-refractivity contribution in [2.75, 3.05) is 13.1 Å². The first-order valence-electron chi connectivity index (χ1n) is 4.68. The van der Waals surface area contributed by atoms with E-state index in [0.717, 1.165) is 0 Å². The second-order valence-electron chi connectivity index (χ2n) is 3.15. The van der Waals surface area contributed by atoms with Crippen molar-refractivity contribution in [2.45, 2.75) is 6.92 Å². The van der Waals surface area contributed by atoms with Gasteiger partial charge in [0.2, 0.25) is 5.91 Å². The van der Waals surface area contributed by atoms with Gasteiger partial charge >= 0.3 is 5.97 Å². The number of aryl methyl sites for hydroxylation is 1. The fourth-order valence-corrected chi connectivity index (χ4v) is 1.01. The predicted octanol–water partition coefficient (Wildman–Crippen LogP) is -1.09. The van der Waals surface area contributed by atoms with E-state index in [4.69, 9.17) is 5.11 Å². The minimum absolute atomic E-state index is 0.232. The molecule has 0 aromatic carbocycles. The van der Waals surface area contributed by atoms with Gasteiger partial charge in [-0.2, -0.15) is 0 Å². The Morgan fingerprint density at radius 1 is 1.35 bits per heavy atom. The van der Waals surface area contributed by atoms with E-state index in [9.17, 15) is 14.4 Å². The Bertz CT molecular complexity index is 440. The van der Waals surface area contributed by atoms with Gasteiger partial charge in [0.25, 0.3) is 5.91 Å². The maximum absolute atomic E-state index is 11.5. The van der Waals surface area contributed by atoms with Crippen LogP contribution in [0.1, 0.15) is 16.1 Å². The lowest BCUT2D eigenvalue weighted by Crippen LogP contribution is -2.39. The van der Waals surface area contributed by atoms with Gasteiger partial charge in [0.1, 0.15) is 17.9 Å². The number of carboxylic acids is 1. The number of carboxylic acid groups (broad SMARTS) is 1. The lowest BCUT2D eigenvalue weighted by Gasteiger charge is -2.03. The normalized spacial score (nSPS) is 9.71. The zero-order valence-corrected chi connectivity index (χ0v) is 9.02. The average Bonchev–Trinajstić information content (AvgIpc) is 2.69. The van der Waals surface area contributed by atoms with Crippen LogP contribution in [-0.2, 0) is 9.59 Å². The summed E-state index contributed by atoms with van der Waals surface area (Å²) in [5.74, 6) is -1.91. The Morgan fingerprint density at radius 2 is 2.06 bits per heavy atom. The lowest BCUT2D eigenvalue weighted by molar-refractivity contribution is -0.137. The van der Waals surface area contributed by atoms with Gasteiger partial charge in [-0.1, -0.05) is 5.16 Å². The monoisotopic (exact) mass is 241 g/mol. The first kappa shape index (κ1) is 12.7. The number of hydrogen-bond donors (Lipinski definition) is 3. The van der Waals surface area contributed by atoms with Crippen LogP contribution in [0.2, 0.25) is 0 Å². The predicted molar refractivity (Wildman–Crippen MR) is 54.2 cm³/mol. The quantitative estimate of drug-likeness (QED) is 0.602. The zero-order valence-electron chi connectivity index (χ0n) is 9.02. The standard InChI is InChI=1S/C9H11N3O5/c1-5-6(2-12-17-5)9(16)11-3-7(13)10-4-8(14)15/h2H,3-4H2,1H3,(H,10,13)(H,11,16)(H,14,15). The van der Waals surface area contributed by atoms with Gasteiger partial charge in [-0.05, 0) is 6.92 Å². The summed E-state index contributed by atoms with van der Waals surface area (Å²) >= 11 is 0. The number of carbonyl (C=O) groups is 3. The van der Waals surface area contributed by atoms with E-state index in [-0.39, 0.29) is 12.1 Å². The number of aromatic nitrogens is 1. The highest BCUT2D eigenvalue weighted by atomic mass is 16.5. The molecule has 0 saturated heterocycles. The molecule has 1 rings (SSSR count). The van der Waals surface area contributed by atoms with Crippen molar-refractivity contribution < 1.29 is 24.0 Å². The molecule has 17 heavy (non-hydrogen) atoms. The summed E-state index contributed by atoms with van der Waals surface area (Å²) in [6, 6.07) is 0. The first-order chi connectivity index (χ1) is 8.00. The van der Waals surface area contributed by atoms with E-state index in [1.54, 1.807) is 6.92 Å². The summed E-state index contributed by atoms with van der Waals surface area (Å²) in [5.41, 5.74) is 0.232. The molecule has 0 fully saturated rings. The van der Waals surface area contributed by atoms with E-state index >= 15 is 0 Å². The SMILES string of the molecule is Cc1oncc1C(=O)NCC(=O)NCC(=O)O. The number of rotatable bonds is 5. The highest BCUT2D eigenvalue weighted by Gasteiger charge is 2.13. The Labute approximate surface area is 96.0 Å². The molecule has 0 spiro atoms. The van der Waals surface area contributed by atoms with Crippen molar-refractivity contribution in [1.29, 1.82) is 0 Å². The van der Waals surface area contributed by atoms with Crippen LogP contribution in [0, 0.1) is 6.92 Å². The molecule has 92 valence electrons. The molecule has 0 unspecified atom stereocenters. The van der Waals surface area contributed by atoms with Crippen LogP contribution < -0.4 is 10.6 Å². The highest BCUT2D eigenvalue weighted by molar-refractivity contribution is 5.97. The summed E-state index contributed by atoms with van der Waals surface area (Å²) in [6.45, 7) is 0.768. The molecule has 1 aromatic rings. The number of aliphatic carboxylic acids is 1. The van der Waals surface area contributed by atoms with Crippen LogP contribution in [0.25, 0.3) is 0 Å². The van der Waals surface area contributed by atoms with Crippen molar-refractivity contribution in [3.63, 3.8) is 0 Å². The number of carbonyl (C=O) groups excluding carboxylic acids is 2. The largest absolute Gasteiger partial charge is 0.480 e. The Balaban J connectivity index is 2.36. The van der Waals surface area contributed by atoms with Crippen LogP contribution in [-0.4, -0.2) is 41.1 Å². The molecule has 0 bridgehead atoms. The molecule has 0 aliphatic rings. The zero-order chi connectivity index (χ0) is 12.8. The Kier molecular flexibility index (Phi) is 4.21. The minimum Gasteiger partial charge on any atom is -0.480 e. The van der Waals surface area contributed by atoms with Gasteiger partial charge in [-0.3, -0.25) is 14.4 Å². The highest BCUT2D eigenvalue weighted by Crippen LogP contribution is 2.04. The van der Waals surface area contributed by atoms with Gasteiger partial charge in [-0.25, -0.2) is 0 Å². The molecule has 1 aromatic heterocycles. The second kappa shape index (κ2) is 5.64. The number of nitrogens with zero attached hydrogens (tertiary/aromatic N) is 1. The van der Waals surface area contributed by atoms with Crippen molar-refractivity contribution in [1.82, 2.24) is 15.8 Å². The van der Waals surface area contributed by atoms with Crippen molar-refractivity contribution in [2.24, 2.45) is 0 Å². The van der Waals surface area contributed by atoms with Crippen LogP contribution >= 0.6 is 0 Å². The third-order valence-corrected chi connectivity index (χ3v) is 1.84. The molecule has 0 atom stereocenters. The van der Waals surface area contributed by atoms with E-state index in [2.05, 4.69) is 20.3 Å². The molecular weight excluding hydrogens is 230 g/mol. The van der Waals surface area contributed by atoms with Crippen LogP contribution in [0.15, 0.2) is 10.7 Å². The Hall–Kier alpha value is -2.38. The maximum atomic E-state index is 11.5. The van der Waals surface area contributed by atoms with Crippen molar-refractivity contribution in [3.8, 4) is 0 Å². The average molecular weight is 241 g/mol. The van der Waals surface area contributed by atoms with Crippen molar-refractivity contribution >= 4 is 17.8 Å². The number of nitrogens with one attached hydrogen (secondary N) is 2. The molecule has 1 heterocycles. The fraction of sp³-hybridized carbons (Fsp3) is 0.333. The minimum atomic E-state index is -1.15. The van der Waals surface area contributed by atoms with Gasteiger partial charge in [0.05, 0.1) is 12.7 Å². The van der Waals surface area contributed by atoms with E-state index < -0.39 is 24.3 Å². The molecular formula is C9H11N3O5. The smallest absolute Gasteiger partial charge is 0.322 e. The summed E-state index contributed by atoms with van der Waals surface area (Å²) < 4.78 is 4.68. The van der Waals surface area contributed by atoms with Crippen LogP contribution in [0.3, 0.4) is 0 Å². The van der Waals surface area contributed by atoms with Gasteiger partial charge in [0.15, 0.2) is 0 Å². The van der Waals surface area contributed by atoms with E-state index in [1.807, 2.05) is 0 Å². The Morgan fingerprint density at radius 3 is 2.59 bits per heavy atom. The topological polar surface area (TPSA) is 122 Å². The molecule has 0 aliphatic heterocycles. The summed E-state index contributed by atoms with van der Waals surface area (Å²) in [5, 5.41) is 16.1. The van der Waals surface area contributed by atoms with E-state index in [0.29, 0.717) is 5.76 Å². The summed E-state index contributed by atoms with van der Waals surface area (Å²) in [4.78, 5) is 32.7. The van der Waals surface area contributed by atoms with E-state index in [1.165, 1.54) is 6.20 Å². The third kappa shape index (κ3) is 3.93. The number of hydrogen-bond acceptors (Lipinski definition) is 5. The van der Waals surface area contributed by atoms with Gasteiger partial charge in [0, 0.05) is 0 Å². The van der Waals surface area contributed by atoms with Gasteiger partial charge in [-0.15, -0.1) is 0 Å². The van der Waals surface area contributed by atoms with Crippen LogP contribution in [0.4, 0.5) is 0 Å². The number of amides is 2. The maximum Gasteiger partial charge on any atom is 0.322 e. The molecule has 0 saturated carbocycles. The fourth-order valence-electron chi connectivity index (χ4n) is 1.01.